The number of benzene rings is 2. The highest BCUT2D eigenvalue weighted by Crippen LogP contribution is 2.30. The standard InChI is InChI=1S/C18H12FN3S2/c19-13-7-5-12(6-8-13)17-22-14(9-23-17)10-24-18-15-3-1-2-4-16(15)20-11-21-18/h1-9,11H,10H2. The Bertz CT molecular complexity index is 978. The SMILES string of the molecule is Fc1ccc(-c2nc(CSc3ncnc4ccccc34)cs2)cc1. The molecule has 0 bridgehead atoms. The maximum absolute atomic E-state index is 13.0. The molecule has 0 aliphatic carbocycles. The predicted octanol–water partition coefficient (Wildman–Crippen LogP) is 5.18. The second-order valence-corrected chi connectivity index (χ2v) is 6.96. The topological polar surface area (TPSA) is 38.7 Å². The molecule has 0 spiro atoms. The summed E-state index contributed by atoms with van der Waals surface area (Å²) < 4.78 is 13.0. The van der Waals surface area contributed by atoms with Crippen molar-refractivity contribution in [2.75, 3.05) is 0 Å². The molecule has 4 rings (SSSR count). The average molecular weight is 353 g/mol. The van der Waals surface area contributed by atoms with E-state index in [-0.39, 0.29) is 5.82 Å². The Balaban J connectivity index is 1.53. The van der Waals surface area contributed by atoms with Crippen LogP contribution < -0.4 is 0 Å². The third kappa shape index (κ3) is 3.16. The van der Waals surface area contributed by atoms with Crippen LogP contribution in [0.3, 0.4) is 0 Å². The number of hydrogen-bond donors (Lipinski definition) is 0. The number of thioether (sulfide) groups is 1. The Morgan fingerprint density at radius 3 is 2.71 bits per heavy atom. The van der Waals surface area contributed by atoms with Gasteiger partial charge in [0.1, 0.15) is 22.2 Å². The average Bonchev–Trinajstić information content (AvgIpc) is 3.09. The highest BCUT2D eigenvalue weighted by atomic mass is 32.2. The van der Waals surface area contributed by atoms with E-state index in [9.17, 15) is 4.39 Å². The molecule has 2 heterocycles. The molecule has 0 aliphatic heterocycles. The number of thiazole rings is 1. The van der Waals surface area contributed by atoms with E-state index in [4.69, 9.17) is 0 Å². The van der Waals surface area contributed by atoms with Gasteiger partial charge in [-0.15, -0.1) is 11.3 Å². The van der Waals surface area contributed by atoms with Crippen molar-refractivity contribution in [2.45, 2.75) is 10.8 Å². The van der Waals surface area contributed by atoms with Gasteiger partial charge in [0.15, 0.2) is 0 Å². The Morgan fingerprint density at radius 2 is 1.83 bits per heavy atom. The van der Waals surface area contributed by atoms with Gasteiger partial charge in [-0.3, -0.25) is 0 Å². The van der Waals surface area contributed by atoms with Crippen LogP contribution >= 0.6 is 23.1 Å². The highest BCUT2D eigenvalue weighted by Gasteiger charge is 2.08. The van der Waals surface area contributed by atoms with E-state index >= 15 is 0 Å². The van der Waals surface area contributed by atoms with Crippen molar-refractivity contribution in [2.24, 2.45) is 0 Å². The monoisotopic (exact) mass is 353 g/mol. The minimum atomic E-state index is -0.235. The number of rotatable bonds is 4. The summed E-state index contributed by atoms with van der Waals surface area (Å²) in [7, 11) is 0. The summed E-state index contributed by atoms with van der Waals surface area (Å²) in [6, 6.07) is 14.4. The third-order valence-corrected chi connectivity index (χ3v) is 5.48. The molecule has 2 aromatic carbocycles. The smallest absolute Gasteiger partial charge is 0.123 e. The second-order valence-electron chi connectivity index (χ2n) is 5.14. The largest absolute Gasteiger partial charge is 0.240 e. The van der Waals surface area contributed by atoms with Gasteiger partial charge in [0.05, 0.1) is 11.2 Å². The van der Waals surface area contributed by atoms with Gasteiger partial charge in [0.25, 0.3) is 0 Å². The van der Waals surface area contributed by atoms with Gasteiger partial charge >= 0.3 is 0 Å². The van der Waals surface area contributed by atoms with Crippen molar-refractivity contribution >= 4 is 34.0 Å². The van der Waals surface area contributed by atoms with Gasteiger partial charge < -0.3 is 0 Å². The maximum Gasteiger partial charge on any atom is 0.123 e. The molecule has 24 heavy (non-hydrogen) atoms. The summed E-state index contributed by atoms with van der Waals surface area (Å²) >= 11 is 3.21. The Morgan fingerprint density at radius 1 is 1.00 bits per heavy atom. The van der Waals surface area contributed by atoms with E-state index < -0.39 is 0 Å². The van der Waals surface area contributed by atoms with Crippen molar-refractivity contribution in [3.8, 4) is 10.6 Å². The minimum Gasteiger partial charge on any atom is -0.240 e. The molecule has 0 aliphatic rings. The molecule has 118 valence electrons. The zero-order chi connectivity index (χ0) is 16.4. The minimum absolute atomic E-state index is 0.235. The Kier molecular flexibility index (Phi) is 4.23. The van der Waals surface area contributed by atoms with E-state index in [0.29, 0.717) is 0 Å². The van der Waals surface area contributed by atoms with Gasteiger partial charge in [0, 0.05) is 22.1 Å². The molecular formula is C18H12FN3S2. The van der Waals surface area contributed by atoms with Crippen molar-refractivity contribution in [3.05, 3.63) is 71.7 Å². The zero-order valence-corrected chi connectivity index (χ0v) is 14.1. The van der Waals surface area contributed by atoms with Gasteiger partial charge in [-0.25, -0.2) is 19.3 Å². The van der Waals surface area contributed by atoms with Crippen LogP contribution in [0.15, 0.2) is 65.3 Å². The lowest BCUT2D eigenvalue weighted by Crippen LogP contribution is -1.88. The van der Waals surface area contributed by atoms with Gasteiger partial charge in [-0.1, -0.05) is 30.0 Å². The van der Waals surface area contributed by atoms with Crippen LogP contribution in [0.25, 0.3) is 21.5 Å². The molecule has 0 N–H and O–H groups in total. The molecule has 0 unspecified atom stereocenters. The van der Waals surface area contributed by atoms with Crippen molar-refractivity contribution in [1.82, 2.24) is 15.0 Å². The summed E-state index contributed by atoms with van der Waals surface area (Å²) in [4.78, 5) is 13.3. The number of halogens is 1. The van der Waals surface area contributed by atoms with Gasteiger partial charge in [0.2, 0.25) is 0 Å². The second kappa shape index (κ2) is 6.67. The molecule has 0 radical (unpaired) electrons. The predicted molar refractivity (Wildman–Crippen MR) is 96.6 cm³/mol. The Labute approximate surface area is 146 Å². The van der Waals surface area contributed by atoms with Crippen molar-refractivity contribution < 1.29 is 4.39 Å². The lowest BCUT2D eigenvalue weighted by atomic mass is 10.2. The van der Waals surface area contributed by atoms with Crippen molar-refractivity contribution in [3.63, 3.8) is 0 Å². The number of fused-ring (bicyclic) bond motifs is 1. The first kappa shape index (κ1) is 15.2. The molecule has 6 heteroatoms. The highest BCUT2D eigenvalue weighted by molar-refractivity contribution is 7.98. The molecule has 0 atom stereocenters. The third-order valence-electron chi connectivity index (χ3n) is 3.51. The number of aromatic nitrogens is 3. The molecular weight excluding hydrogens is 341 g/mol. The first-order valence-electron chi connectivity index (χ1n) is 7.32. The fourth-order valence-electron chi connectivity index (χ4n) is 2.34. The fraction of sp³-hybridized carbons (Fsp3) is 0.0556. The number of nitrogens with zero attached hydrogens (tertiary/aromatic N) is 3. The molecule has 0 saturated carbocycles. The maximum atomic E-state index is 13.0. The summed E-state index contributed by atoms with van der Waals surface area (Å²) in [5.41, 5.74) is 2.87. The summed E-state index contributed by atoms with van der Waals surface area (Å²) in [6.45, 7) is 0. The first-order chi connectivity index (χ1) is 11.8. The van der Waals surface area contributed by atoms with E-state index in [1.54, 1.807) is 41.6 Å². The van der Waals surface area contributed by atoms with Crippen LogP contribution in [-0.2, 0) is 5.75 Å². The Hall–Kier alpha value is -2.31. The number of para-hydroxylation sites is 1. The number of hydrogen-bond acceptors (Lipinski definition) is 5. The molecule has 2 aromatic heterocycles. The quantitative estimate of drug-likeness (QED) is 0.374. The van der Waals surface area contributed by atoms with Gasteiger partial charge in [-0.2, -0.15) is 0 Å². The van der Waals surface area contributed by atoms with E-state index in [2.05, 4.69) is 15.0 Å². The molecule has 0 fully saturated rings. The fourth-order valence-corrected chi connectivity index (χ4v) is 4.15. The van der Waals surface area contributed by atoms with E-state index in [1.165, 1.54) is 12.1 Å². The lowest BCUT2D eigenvalue weighted by molar-refractivity contribution is 0.628. The van der Waals surface area contributed by atoms with Gasteiger partial charge in [-0.05, 0) is 30.3 Å². The van der Waals surface area contributed by atoms with Crippen molar-refractivity contribution in [1.29, 1.82) is 0 Å². The molecule has 3 nitrogen and oxygen atoms in total. The molecule has 0 saturated heterocycles. The van der Waals surface area contributed by atoms with Crippen LogP contribution in [-0.4, -0.2) is 15.0 Å². The van der Waals surface area contributed by atoms with E-state index in [0.717, 1.165) is 37.9 Å². The van der Waals surface area contributed by atoms with Crippen LogP contribution in [0, 0.1) is 5.82 Å². The van der Waals surface area contributed by atoms with Crippen LogP contribution in [0.2, 0.25) is 0 Å². The van der Waals surface area contributed by atoms with Crippen LogP contribution in [0.1, 0.15) is 5.69 Å². The summed E-state index contributed by atoms with van der Waals surface area (Å²) in [5, 5.41) is 4.95. The first-order valence-corrected chi connectivity index (χ1v) is 9.19. The molecule has 0 amide bonds. The normalized spacial score (nSPS) is 11.0. The lowest BCUT2D eigenvalue weighted by Gasteiger charge is -2.03. The van der Waals surface area contributed by atoms with Crippen LogP contribution in [0.4, 0.5) is 4.39 Å². The van der Waals surface area contributed by atoms with Crippen LogP contribution in [0.5, 0.6) is 0 Å². The molecule has 4 aromatic rings. The zero-order valence-electron chi connectivity index (χ0n) is 12.5. The van der Waals surface area contributed by atoms with E-state index in [1.807, 2.05) is 29.6 Å². The summed E-state index contributed by atoms with van der Waals surface area (Å²) in [5.74, 6) is 0.500. The summed E-state index contributed by atoms with van der Waals surface area (Å²) in [6.07, 6.45) is 1.59.